The topological polar surface area (TPSA) is 83.9 Å². The molecule has 0 saturated carbocycles. The zero-order valence-electron chi connectivity index (χ0n) is 11.5. The van der Waals surface area contributed by atoms with E-state index in [1.807, 2.05) is 0 Å². The summed E-state index contributed by atoms with van der Waals surface area (Å²) in [5.41, 5.74) is -11.6. The molecule has 22 heavy (non-hydrogen) atoms. The van der Waals surface area contributed by atoms with E-state index in [4.69, 9.17) is 0 Å². The third-order valence-corrected chi connectivity index (χ3v) is 21.6. The van der Waals surface area contributed by atoms with Gasteiger partial charge in [-0.15, -0.1) is 0 Å². The van der Waals surface area contributed by atoms with Crippen molar-refractivity contribution in [3.8, 4) is 0 Å². The maximum atomic E-state index is 12.6. The van der Waals surface area contributed by atoms with Gasteiger partial charge in [0.05, 0.1) is 0 Å². The van der Waals surface area contributed by atoms with E-state index in [1.54, 1.807) is 0 Å². The summed E-state index contributed by atoms with van der Waals surface area (Å²) in [6.45, 7) is 0. The Morgan fingerprint density at radius 2 is 1.27 bits per heavy atom. The van der Waals surface area contributed by atoms with Crippen molar-refractivity contribution in [2.24, 2.45) is 3.77 Å². The van der Waals surface area contributed by atoms with Crippen LogP contribution in [0.1, 0.15) is 0 Å². The predicted molar refractivity (Wildman–Crippen MR) is 70.9 cm³/mol. The molecule has 0 aromatic heterocycles. The van der Waals surface area contributed by atoms with E-state index in [9.17, 15) is 43.2 Å². The van der Waals surface area contributed by atoms with Crippen LogP contribution in [-0.2, 0) is 30.9 Å². The number of hydrogen-bond acceptors (Lipinski definition) is 4. The fraction of sp³-hybridized carbons (Fsp3) is 1.00. The van der Waals surface area contributed by atoms with Crippen molar-refractivity contribution in [3.63, 3.8) is 0 Å². The first-order valence-corrected chi connectivity index (χ1v) is 19.3. The van der Waals surface area contributed by atoms with Crippen LogP contribution in [0, 0.1) is 0 Å². The van der Waals surface area contributed by atoms with E-state index < -0.39 is 60.6 Å². The summed E-state index contributed by atoms with van der Waals surface area (Å²) in [7, 11) is -14.8. The summed E-state index contributed by atoms with van der Waals surface area (Å²) < 4.78 is 122. The Kier molecular flexibility index (Phi) is 6.47. The van der Waals surface area contributed by atoms with Crippen LogP contribution in [0.4, 0.5) is 26.3 Å². The second-order valence-corrected chi connectivity index (χ2v) is 25.6. The van der Waals surface area contributed by atoms with Crippen molar-refractivity contribution in [2.45, 2.75) is 25.8 Å². The van der Waals surface area contributed by atoms with Gasteiger partial charge in [0.25, 0.3) is 0 Å². The third kappa shape index (κ3) is 4.94. The van der Waals surface area contributed by atoms with Crippen molar-refractivity contribution in [1.29, 1.82) is 0 Å². The Morgan fingerprint density at radius 1 is 0.909 bits per heavy atom. The molecule has 1 atom stereocenters. The van der Waals surface area contributed by atoms with Gasteiger partial charge in [0.15, 0.2) is 0 Å². The quantitative estimate of drug-likeness (QED) is 0.434. The maximum absolute atomic E-state index is 12.6. The van der Waals surface area contributed by atoms with Crippen LogP contribution in [0.5, 0.6) is 0 Å². The first kappa shape index (κ1) is 22.4. The summed E-state index contributed by atoms with van der Waals surface area (Å²) >= 11 is -4.25. The fourth-order valence-corrected chi connectivity index (χ4v) is 21.0. The Hall–Kier alpha value is 0.389. The summed E-state index contributed by atoms with van der Waals surface area (Å²) in [4.78, 5) is 3.49. The van der Waals surface area contributed by atoms with Crippen molar-refractivity contribution < 1.29 is 43.2 Å². The van der Waals surface area contributed by atoms with Crippen LogP contribution in [0.25, 0.3) is 0 Å². The third-order valence-electron chi connectivity index (χ3n) is 1.80. The molecule has 0 spiro atoms. The molecule has 1 unspecified atom stereocenters. The van der Waals surface area contributed by atoms with Gasteiger partial charge in [0.2, 0.25) is 0 Å². The van der Waals surface area contributed by atoms with Gasteiger partial charge in [-0.05, 0) is 0 Å². The van der Waals surface area contributed by atoms with Gasteiger partial charge < -0.3 is 0 Å². The molecule has 0 N–H and O–H groups in total. The number of sulfonamides is 2. The zero-order valence-corrected chi connectivity index (χ0v) is 16.8. The Morgan fingerprint density at radius 3 is 1.50 bits per heavy atom. The number of hydrogen-bond donors (Lipinski definition) is 0. The van der Waals surface area contributed by atoms with E-state index in [0.717, 1.165) is 14.8 Å². The van der Waals surface area contributed by atoms with E-state index in [-0.39, 0.29) is 1.93 Å². The van der Waals surface area contributed by atoms with Crippen LogP contribution < -0.4 is 0 Å². The SMILES string of the molecule is C/S(=N\S(=O)(=O)C(F)(F)F)[N](S(=O)(=O)C(F)(F)F)[Sn]([CH3])([CH3])[CH3]. The first-order valence-electron chi connectivity index (χ1n) is 5.07. The molecule has 0 aliphatic rings. The molecular weight excluding hydrogens is 493 g/mol. The summed E-state index contributed by atoms with van der Waals surface area (Å²) in [6.07, 6.45) is 0.578. The number of alkyl halides is 6. The Balaban J connectivity index is 6.35. The molecule has 0 aliphatic carbocycles. The standard InChI is InChI=1S/C3H3F6N2O4S3.3CH3.Sn/c1-16(10-17(12,13)2(4,5)6)11-18(14,15)3(7,8)9;;;;/h1H3;3*1H3;/q-1;;;;+1. The molecule has 0 bridgehead atoms. The molecule has 0 fully saturated rings. The summed E-state index contributed by atoms with van der Waals surface area (Å²) in [6, 6.07) is 0. The van der Waals surface area contributed by atoms with E-state index >= 15 is 0 Å². The van der Waals surface area contributed by atoms with Crippen LogP contribution in [-0.4, -0.2) is 54.7 Å². The zero-order chi connectivity index (χ0) is 18.4. The van der Waals surface area contributed by atoms with Crippen molar-refractivity contribution in [2.75, 3.05) is 6.26 Å². The molecule has 134 valence electrons. The number of rotatable bonds is 4. The van der Waals surface area contributed by atoms with Crippen molar-refractivity contribution in [1.82, 2.24) is 1.93 Å². The number of halogens is 6. The van der Waals surface area contributed by atoms with Crippen LogP contribution in [0.15, 0.2) is 3.77 Å². The minimum absolute atomic E-state index is 0.203. The first-order chi connectivity index (χ1) is 9.25. The van der Waals surface area contributed by atoms with Gasteiger partial charge in [-0.3, -0.25) is 0 Å². The average Bonchev–Trinajstić information content (AvgIpc) is 2.08. The second-order valence-electron chi connectivity index (χ2n) is 4.79. The molecular formula is C6H12F6N2O4S3Sn. The molecule has 0 aromatic rings. The Labute approximate surface area is 130 Å². The molecule has 0 heterocycles. The normalized spacial score (nSPS) is 17.0. The van der Waals surface area contributed by atoms with Crippen molar-refractivity contribution in [3.05, 3.63) is 0 Å². The van der Waals surface area contributed by atoms with Crippen molar-refractivity contribution >= 4 is 49.6 Å². The van der Waals surface area contributed by atoms with E-state index in [2.05, 4.69) is 3.77 Å². The second kappa shape index (κ2) is 6.36. The fourth-order valence-electron chi connectivity index (χ4n) is 1.21. The average molecular weight is 505 g/mol. The van der Waals surface area contributed by atoms with Gasteiger partial charge in [0.1, 0.15) is 0 Å². The van der Waals surface area contributed by atoms with Gasteiger partial charge in [-0.25, -0.2) is 0 Å². The van der Waals surface area contributed by atoms with E-state index in [0.29, 0.717) is 6.26 Å². The summed E-state index contributed by atoms with van der Waals surface area (Å²) in [5.74, 6) is 0. The molecule has 0 radical (unpaired) electrons. The van der Waals surface area contributed by atoms with Gasteiger partial charge in [-0.1, -0.05) is 0 Å². The molecule has 6 nitrogen and oxygen atoms in total. The molecule has 0 saturated heterocycles. The predicted octanol–water partition coefficient (Wildman–Crippen LogP) is 2.17. The van der Waals surface area contributed by atoms with Crippen LogP contribution >= 0.6 is 0 Å². The van der Waals surface area contributed by atoms with Crippen LogP contribution in [0.2, 0.25) is 14.8 Å². The molecule has 0 aliphatic heterocycles. The number of nitrogens with zero attached hydrogens (tertiary/aromatic N) is 2. The van der Waals surface area contributed by atoms with Crippen LogP contribution in [0.3, 0.4) is 0 Å². The van der Waals surface area contributed by atoms with Gasteiger partial charge >= 0.3 is 131 Å². The van der Waals surface area contributed by atoms with Gasteiger partial charge in [0, 0.05) is 0 Å². The molecule has 0 amide bonds. The van der Waals surface area contributed by atoms with Gasteiger partial charge in [-0.2, -0.15) is 0 Å². The molecule has 0 aromatic carbocycles. The monoisotopic (exact) mass is 506 g/mol. The molecule has 0 rings (SSSR count). The Bertz CT molecular complexity index is 660. The summed E-state index contributed by atoms with van der Waals surface area (Å²) in [5, 5.41) is 0. The van der Waals surface area contributed by atoms with E-state index in [1.165, 1.54) is 0 Å². The molecule has 16 heteroatoms. The minimum atomic E-state index is -6.11.